The summed E-state index contributed by atoms with van der Waals surface area (Å²) in [6.07, 6.45) is 5.90. The molecule has 15 heteroatoms. The summed E-state index contributed by atoms with van der Waals surface area (Å²) in [7, 11) is 6.17. The van der Waals surface area contributed by atoms with Crippen molar-refractivity contribution in [2.24, 2.45) is 11.3 Å². The minimum Gasteiger partial charge on any atom is -0.496 e. The number of urea groups is 1. The second-order valence-electron chi connectivity index (χ2n) is 21.8. The van der Waals surface area contributed by atoms with Crippen molar-refractivity contribution in [3.05, 3.63) is 126 Å². The molecule has 4 aromatic carbocycles. The van der Waals surface area contributed by atoms with E-state index in [-0.39, 0.29) is 18.0 Å². The predicted octanol–water partition coefficient (Wildman–Crippen LogP) is 7.49. The van der Waals surface area contributed by atoms with Crippen LogP contribution in [0.2, 0.25) is 0 Å². The zero-order valence-corrected chi connectivity index (χ0v) is 43.5. The van der Waals surface area contributed by atoms with Crippen LogP contribution in [0.3, 0.4) is 0 Å². The number of aromatic nitrogens is 1. The summed E-state index contributed by atoms with van der Waals surface area (Å²) >= 11 is 0. The Morgan fingerprint density at radius 2 is 1.57 bits per heavy atom. The molecule has 3 fully saturated rings. The molecular formula is C59H68N6O9. The lowest BCUT2D eigenvalue weighted by atomic mass is 9.47. The summed E-state index contributed by atoms with van der Waals surface area (Å²) in [4.78, 5) is 68.4. The highest BCUT2D eigenvalue weighted by molar-refractivity contribution is 5.95. The molecule has 2 bridgehead atoms. The highest BCUT2D eigenvalue weighted by atomic mass is 16.6. The SMILES string of the molecule is CC[C@]1(NC(=O)Nc2ccc(-c3ccccc3)cc2)C[C@H]2CN(CCc3c([nH]c4ccccc34)[C@@](C(=O)OC)(c3cc4c(cc3OC)N(C)[C@H]3[C@@](O)(C(=O)OC)[C@H](OC(C)=O)[C@]5(CC)C=CCN6CC[C@]43[C@@H]65)C2)C1. The molecule has 2 amide bonds. The first-order valence-electron chi connectivity index (χ1n) is 26.2. The van der Waals surface area contributed by atoms with E-state index in [4.69, 9.17) is 18.9 Å². The van der Waals surface area contributed by atoms with Gasteiger partial charge in [0.15, 0.2) is 6.10 Å². The van der Waals surface area contributed by atoms with Crippen LogP contribution in [-0.4, -0.2) is 134 Å². The molecule has 5 aromatic rings. The maximum atomic E-state index is 15.8. The minimum absolute atomic E-state index is 0.154. The van der Waals surface area contributed by atoms with Crippen LogP contribution in [0.1, 0.15) is 75.3 Å². The number of anilines is 2. The summed E-state index contributed by atoms with van der Waals surface area (Å²) < 4.78 is 24.3. The van der Waals surface area contributed by atoms with E-state index in [1.165, 1.54) is 21.1 Å². The maximum absolute atomic E-state index is 15.8. The van der Waals surface area contributed by atoms with Crippen LogP contribution >= 0.6 is 0 Å². The van der Waals surface area contributed by atoms with Crippen molar-refractivity contribution < 1.29 is 43.2 Å². The van der Waals surface area contributed by atoms with Crippen LogP contribution in [0.25, 0.3) is 22.0 Å². The lowest BCUT2D eigenvalue weighted by Gasteiger charge is -2.63. The Labute approximate surface area is 432 Å². The normalized spacial score (nSPS) is 31.6. The maximum Gasteiger partial charge on any atom is 0.344 e. The third-order valence-corrected chi connectivity index (χ3v) is 18.3. The van der Waals surface area contributed by atoms with Crippen molar-refractivity contribution in [1.82, 2.24) is 20.1 Å². The number of benzene rings is 4. The fraction of sp³-hybridized carbons (Fsp3) is 0.458. The monoisotopic (exact) mass is 1000 g/mol. The predicted molar refractivity (Wildman–Crippen MR) is 282 cm³/mol. The Kier molecular flexibility index (Phi) is 12.3. The van der Waals surface area contributed by atoms with Gasteiger partial charge in [-0.1, -0.05) is 86.7 Å². The standard InChI is InChI=1S/C59H68N6O9/c1-8-55(62-54(69)60-40-22-20-39(21-23-40)38-16-11-10-12-17-38)32-37-33-58(52(67)72-6,48-42(24-28-64(34-37)35-55)41-18-13-14-19-45(41)61-48)44-30-43-46(31-47(44)71-5)63(4)50-57(43)26-29-65-27-15-25-56(9-2,49(57)65)51(74-36(3)66)59(50,70)53(68)73-7/h10-23,25,30-31,37,49-51,61,70H,8-9,24,26-29,32-35H2,1-7H3,(H2,60,62,69)/t37-,49+,50-,51-,55+,56-,57-,58+,59+/m1/s1. The number of aromatic amines is 1. The number of likely N-dealkylation sites (N-methyl/N-ethyl adjacent to an activating group) is 1. The third-order valence-electron chi connectivity index (χ3n) is 18.3. The zero-order chi connectivity index (χ0) is 52.0. The zero-order valence-electron chi connectivity index (χ0n) is 43.5. The summed E-state index contributed by atoms with van der Waals surface area (Å²) in [6.45, 7) is 8.65. The third kappa shape index (κ3) is 7.16. The molecular weight excluding hydrogens is 937 g/mol. The van der Waals surface area contributed by atoms with Gasteiger partial charge in [0.25, 0.3) is 0 Å². The van der Waals surface area contributed by atoms with E-state index in [2.05, 4.69) is 68.8 Å². The van der Waals surface area contributed by atoms with Crippen LogP contribution in [0.4, 0.5) is 16.2 Å². The van der Waals surface area contributed by atoms with Crippen molar-refractivity contribution in [3.63, 3.8) is 0 Å². The number of para-hydroxylation sites is 1. The number of rotatable bonds is 10. The van der Waals surface area contributed by atoms with Crippen LogP contribution in [0, 0.1) is 11.3 Å². The number of piperidine rings is 1. The molecule has 0 radical (unpaired) electrons. The molecule has 5 aliphatic heterocycles. The summed E-state index contributed by atoms with van der Waals surface area (Å²) in [5.74, 6) is -1.69. The van der Waals surface area contributed by atoms with Crippen LogP contribution in [0.15, 0.2) is 103 Å². The average molecular weight is 1010 g/mol. The van der Waals surface area contributed by atoms with Gasteiger partial charge in [0.1, 0.15) is 11.2 Å². The molecule has 15 nitrogen and oxygen atoms in total. The van der Waals surface area contributed by atoms with E-state index >= 15 is 4.79 Å². The fourth-order valence-electron chi connectivity index (χ4n) is 15.5. The van der Waals surface area contributed by atoms with E-state index in [0.29, 0.717) is 88.2 Å². The highest BCUT2D eigenvalue weighted by Gasteiger charge is 2.80. The molecule has 6 heterocycles. The Morgan fingerprint density at radius 3 is 2.27 bits per heavy atom. The summed E-state index contributed by atoms with van der Waals surface area (Å²) in [5.41, 5.74) is 1.13. The van der Waals surface area contributed by atoms with Gasteiger partial charge in [0.05, 0.1) is 32.9 Å². The average Bonchev–Trinajstić information content (AvgIpc) is 4.08. The van der Waals surface area contributed by atoms with Crippen molar-refractivity contribution in [3.8, 4) is 16.9 Å². The number of carbonyl (C=O) groups is 4. The number of methoxy groups -OCH3 is 3. The molecule has 74 heavy (non-hydrogen) atoms. The van der Waals surface area contributed by atoms with Crippen molar-refractivity contribution in [2.75, 3.05) is 71.3 Å². The van der Waals surface area contributed by atoms with Gasteiger partial charge < -0.3 is 49.5 Å². The van der Waals surface area contributed by atoms with Gasteiger partial charge in [0.2, 0.25) is 5.60 Å². The summed E-state index contributed by atoms with van der Waals surface area (Å²) in [6, 6.07) is 28.6. The molecule has 1 unspecified atom stereocenters. The molecule has 1 saturated carbocycles. The lowest BCUT2D eigenvalue weighted by molar-refractivity contribution is -0.228. The molecule has 1 aliphatic carbocycles. The number of hydrogen-bond acceptors (Lipinski definition) is 12. The van der Waals surface area contributed by atoms with Crippen LogP contribution in [0.5, 0.6) is 5.75 Å². The molecule has 10 atom stereocenters. The quantitative estimate of drug-likeness (QED) is 0.0618. The van der Waals surface area contributed by atoms with E-state index in [1.54, 1.807) is 7.11 Å². The summed E-state index contributed by atoms with van der Waals surface area (Å²) in [5, 5.41) is 21.1. The first kappa shape index (κ1) is 49.5. The highest BCUT2D eigenvalue weighted by Crippen LogP contribution is 2.68. The number of H-pyrrole nitrogens is 1. The first-order chi connectivity index (χ1) is 35.7. The van der Waals surface area contributed by atoms with Gasteiger partial charge in [-0.25, -0.2) is 9.59 Å². The topological polar surface area (TPSA) is 175 Å². The number of hydrogen-bond donors (Lipinski definition) is 4. The largest absolute Gasteiger partial charge is 0.496 e. The van der Waals surface area contributed by atoms with Gasteiger partial charge in [-0.15, -0.1) is 0 Å². The van der Waals surface area contributed by atoms with Gasteiger partial charge in [0, 0.05) is 96.6 Å². The Morgan fingerprint density at radius 1 is 0.838 bits per heavy atom. The number of amides is 2. The number of carbonyl (C=O) groups excluding carboxylic acids is 4. The molecule has 2 saturated heterocycles. The number of nitrogens with zero attached hydrogens (tertiary/aromatic N) is 3. The van der Waals surface area contributed by atoms with Gasteiger partial charge in [-0.2, -0.15) is 0 Å². The number of fused-ring (bicyclic) bond motifs is 6. The Hall–Kier alpha value is -6.68. The lowest BCUT2D eigenvalue weighted by Crippen LogP contribution is -2.81. The van der Waals surface area contributed by atoms with Crippen molar-refractivity contribution in [1.29, 1.82) is 0 Å². The van der Waals surface area contributed by atoms with E-state index in [9.17, 15) is 19.5 Å². The second kappa shape index (κ2) is 18.3. The number of esters is 3. The molecule has 11 rings (SSSR count). The Bertz CT molecular complexity index is 3070. The van der Waals surface area contributed by atoms with E-state index in [0.717, 1.165) is 44.5 Å². The van der Waals surface area contributed by atoms with Gasteiger partial charge in [-0.05, 0) is 97.5 Å². The first-order valence-corrected chi connectivity index (χ1v) is 26.2. The van der Waals surface area contributed by atoms with E-state index in [1.807, 2.05) is 85.6 Å². The smallest absolute Gasteiger partial charge is 0.344 e. The van der Waals surface area contributed by atoms with Gasteiger partial charge in [-0.3, -0.25) is 14.5 Å². The van der Waals surface area contributed by atoms with Crippen molar-refractivity contribution in [2.45, 2.75) is 99.5 Å². The molecule has 1 spiro atoms. The molecule has 4 N–H and O–H groups in total. The van der Waals surface area contributed by atoms with Gasteiger partial charge >= 0.3 is 23.9 Å². The van der Waals surface area contributed by atoms with Crippen molar-refractivity contribution >= 4 is 46.2 Å². The fourth-order valence-corrected chi connectivity index (χ4v) is 15.5. The molecule has 6 aliphatic rings. The Balaban J connectivity index is 1.07. The van der Waals surface area contributed by atoms with Crippen LogP contribution in [-0.2, 0) is 45.8 Å². The minimum atomic E-state index is -2.34. The number of nitrogens with one attached hydrogen (secondary N) is 3. The molecule has 388 valence electrons. The van der Waals surface area contributed by atoms with Crippen LogP contribution < -0.4 is 20.3 Å². The number of aliphatic hydroxyl groups is 1. The van der Waals surface area contributed by atoms with E-state index < -0.39 is 57.4 Å². The number of ether oxygens (including phenoxy) is 4. The molecule has 1 aromatic heterocycles. The second-order valence-corrected chi connectivity index (χ2v) is 21.8.